The van der Waals surface area contributed by atoms with Crippen LogP contribution in [0.2, 0.25) is 0 Å². The molecule has 0 unspecified atom stereocenters. The van der Waals surface area contributed by atoms with Crippen molar-refractivity contribution in [3.05, 3.63) is 33.9 Å². The van der Waals surface area contributed by atoms with Gasteiger partial charge >= 0.3 is 0 Å². The van der Waals surface area contributed by atoms with Gasteiger partial charge in [-0.15, -0.1) is 0 Å². The molecule has 0 saturated heterocycles. The molecule has 1 aromatic heterocycles. The molecule has 1 aliphatic carbocycles. The first-order chi connectivity index (χ1) is 7.24. The average molecular weight is 264 g/mol. The van der Waals surface area contributed by atoms with E-state index in [2.05, 4.69) is 33.0 Å². The highest BCUT2D eigenvalue weighted by atomic mass is 79.9. The lowest BCUT2D eigenvalue weighted by molar-refractivity contribution is -0.118. The highest BCUT2D eigenvalue weighted by Crippen LogP contribution is 2.29. The number of nitrogens with one attached hydrogen (secondary N) is 1. The summed E-state index contributed by atoms with van der Waals surface area (Å²) in [6.07, 6.45) is 2.14. The molecule has 0 aliphatic heterocycles. The largest absolute Gasteiger partial charge is 0.358 e. The van der Waals surface area contributed by atoms with Crippen molar-refractivity contribution in [1.29, 1.82) is 0 Å². The minimum Gasteiger partial charge on any atom is -0.358 e. The van der Waals surface area contributed by atoms with E-state index in [1.807, 2.05) is 6.07 Å². The van der Waals surface area contributed by atoms with Gasteiger partial charge in [-0.1, -0.05) is 15.9 Å². The van der Waals surface area contributed by atoms with Gasteiger partial charge in [0.15, 0.2) is 0 Å². The van der Waals surface area contributed by atoms with Crippen LogP contribution in [0.4, 0.5) is 0 Å². The summed E-state index contributed by atoms with van der Waals surface area (Å²) in [5.41, 5.74) is 3.57. The fourth-order valence-corrected chi connectivity index (χ4v) is 2.62. The summed E-state index contributed by atoms with van der Waals surface area (Å²) in [5, 5.41) is 1.26. The molecular weight excluding hydrogens is 254 g/mol. The van der Waals surface area contributed by atoms with E-state index in [0.29, 0.717) is 18.6 Å². The summed E-state index contributed by atoms with van der Waals surface area (Å²) >= 11 is 3.48. The molecule has 0 amide bonds. The molecule has 0 spiro atoms. The summed E-state index contributed by atoms with van der Waals surface area (Å²) in [6, 6.07) is 6.20. The number of rotatable bonds is 0. The Morgan fingerprint density at radius 3 is 3.00 bits per heavy atom. The molecule has 1 aromatic carbocycles. The highest BCUT2D eigenvalue weighted by Gasteiger charge is 2.19. The van der Waals surface area contributed by atoms with Crippen LogP contribution < -0.4 is 0 Å². The Hall–Kier alpha value is -1.09. The van der Waals surface area contributed by atoms with Crippen LogP contribution in [-0.2, 0) is 17.6 Å². The van der Waals surface area contributed by atoms with Crippen molar-refractivity contribution in [3.63, 3.8) is 0 Å². The maximum Gasteiger partial charge on any atom is 0.139 e. The van der Waals surface area contributed by atoms with Gasteiger partial charge < -0.3 is 4.98 Å². The van der Waals surface area contributed by atoms with Gasteiger partial charge in [-0.05, 0) is 30.2 Å². The van der Waals surface area contributed by atoms with E-state index in [9.17, 15) is 4.79 Å². The number of benzene rings is 1. The number of Topliss-reactive ketones (excluding diaryl/α,β-unsaturated/α-hetero) is 1. The summed E-state index contributed by atoms with van der Waals surface area (Å²) < 4.78 is 1.09. The first-order valence-corrected chi connectivity index (χ1v) is 5.84. The van der Waals surface area contributed by atoms with E-state index >= 15 is 0 Å². The van der Waals surface area contributed by atoms with E-state index in [1.54, 1.807) is 0 Å². The third kappa shape index (κ3) is 1.42. The number of ketones is 1. The van der Waals surface area contributed by atoms with Crippen molar-refractivity contribution in [1.82, 2.24) is 4.98 Å². The molecule has 1 heterocycles. The Balaban J connectivity index is 2.28. The normalized spacial score (nSPS) is 15.7. The monoisotopic (exact) mass is 263 g/mol. The van der Waals surface area contributed by atoms with Crippen molar-refractivity contribution < 1.29 is 4.79 Å². The maximum absolute atomic E-state index is 11.3. The van der Waals surface area contributed by atoms with Crippen LogP contribution in [-0.4, -0.2) is 10.8 Å². The second-order valence-corrected chi connectivity index (χ2v) is 4.90. The van der Waals surface area contributed by atoms with Gasteiger partial charge in [-0.3, -0.25) is 4.79 Å². The van der Waals surface area contributed by atoms with E-state index in [1.165, 1.54) is 10.9 Å². The van der Waals surface area contributed by atoms with Gasteiger partial charge in [0.1, 0.15) is 5.78 Å². The molecular formula is C12H10BrNO. The van der Waals surface area contributed by atoms with Gasteiger partial charge in [-0.2, -0.15) is 0 Å². The number of aromatic nitrogens is 1. The number of H-pyrrole nitrogens is 1. The zero-order chi connectivity index (χ0) is 10.4. The predicted molar refractivity (Wildman–Crippen MR) is 63.0 cm³/mol. The summed E-state index contributed by atoms with van der Waals surface area (Å²) in [4.78, 5) is 14.7. The van der Waals surface area contributed by atoms with Crippen LogP contribution >= 0.6 is 15.9 Å². The molecule has 0 radical (unpaired) electrons. The molecule has 0 bridgehead atoms. The quantitative estimate of drug-likeness (QED) is 0.779. The van der Waals surface area contributed by atoms with Gasteiger partial charge in [-0.25, -0.2) is 0 Å². The van der Waals surface area contributed by atoms with Crippen LogP contribution in [0.1, 0.15) is 17.7 Å². The SMILES string of the molecule is O=C1CCc2c([nH]c3ccc(Br)cc23)C1. The van der Waals surface area contributed by atoms with Crippen molar-refractivity contribution >= 4 is 32.6 Å². The Morgan fingerprint density at radius 2 is 2.13 bits per heavy atom. The Labute approximate surface area is 95.8 Å². The minimum atomic E-state index is 0.341. The molecule has 1 N–H and O–H groups in total. The van der Waals surface area contributed by atoms with E-state index in [0.717, 1.165) is 22.1 Å². The number of hydrogen-bond acceptors (Lipinski definition) is 1. The molecule has 0 saturated carbocycles. The number of carbonyl (C=O) groups excluding carboxylic acids is 1. The number of fused-ring (bicyclic) bond motifs is 3. The minimum absolute atomic E-state index is 0.341. The van der Waals surface area contributed by atoms with E-state index < -0.39 is 0 Å². The Morgan fingerprint density at radius 1 is 1.27 bits per heavy atom. The third-order valence-electron chi connectivity index (χ3n) is 2.98. The molecule has 2 nitrogen and oxygen atoms in total. The van der Waals surface area contributed by atoms with Crippen molar-refractivity contribution in [3.8, 4) is 0 Å². The lowest BCUT2D eigenvalue weighted by Crippen LogP contribution is -2.12. The molecule has 0 fully saturated rings. The number of aromatic amines is 1. The van der Waals surface area contributed by atoms with Gasteiger partial charge in [0.2, 0.25) is 0 Å². The van der Waals surface area contributed by atoms with Gasteiger partial charge in [0.25, 0.3) is 0 Å². The van der Waals surface area contributed by atoms with E-state index in [-0.39, 0.29) is 0 Å². The zero-order valence-electron chi connectivity index (χ0n) is 8.14. The second kappa shape index (κ2) is 3.20. The van der Waals surface area contributed by atoms with Crippen LogP contribution in [0.15, 0.2) is 22.7 Å². The zero-order valence-corrected chi connectivity index (χ0v) is 9.73. The number of hydrogen-bond donors (Lipinski definition) is 1. The fourth-order valence-electron chi connectivity index (χ4n) is 2.26. The summed E-state index contributed by atoms with van der Waals surface area (Å²) in [7, 11) is 0. The molecule has 3 heteroatoms. The highest BCUT2D eigenvalue weighted by molar-refractivity contribution is 9.10. The lowest BCUT2D eigenvalue weighted by Gasteiger charge is -2.09. The molecule has 2 aromatic rings. The Bertz CT molecular complexity index is 556. The standard InChI is InChI=1S/C12H10BrNO/c13-7-1-4-11-10(5-7)9-3-2-8(15)6-12(9)14-11/h1,4-5,14H,2-3,6H2. The first kappa shape index (κ1) is 9.16. The molecule has 15 heavy (non-hydrogen) atoms. The van der Waals surface area contributed by atoms with Crippen LogP contribution in [0.5, 0.6) is 0 Å². The third-order valence-corrected chi connectivity index (χ3v) is 3.48. The van der Waals surface area contributed by atoms with Crippen LogP contribution in [0, 0.1) is 0 Å². The maximum atomic E-state index is 11.3. The molecule has 1 aliphatic rings. The smallest absolute Gasteiger partial charge is 0.139 e. The second-order valence-electron chi connectivity index (χ2n) is 3.99. The van der Waals surface area contributed by atoms with E-state index in [4.69, 9.17) is 0 Å². The lowest BCUT2D eigenvalue weighted by atomic mass is 9.95. The predicted octanol–water partition coefficient (Wildman–Crippen LogP) is 2.99. The van der Waals surface area contributed by atoms with Gasteiger partial charge in [0, 0.05) is 33.9 Å². The van der Waals surface area contributed by atoms with Crippen molar-refractivity contribution in [2.45, 2.75) is 19.3 Å². The number of carbonyl (C=O) groups is 1. The topological polar surface area (TPSA) is 32.9 Å². The average Bonchev–Trinajstić information content (AvgIpc) is 2.54. The van der Waals surface area contributed by atoms with Gasteiger partial charge in [0.05, 0.1) is 0 Å². The fraction of sp³-hybridized carbons (Fsp3) is 0.250. The van der Waals surface area contributed by atoms with Crippen LogP contribution in [0.3, 0.4) is 0 Å². The summed E-state index contributed by atoms with van der Waals surface area (Å²) in [5.74, 6) is 0.341. The molecule has 76 valence electrons. The first-order valence-electron chi connectivity index (χ1n) is 5.05. The molecule has 0 atom stereocenters. The van der Waals surface area contributed by atoms with Crippen molar-refractivity contribution in [2.75, 3.05) is 0 Å². The van der Waals surface area contributed by atoms with Crippen LogP contribution in [0.25, 0.3) is 10.9 Å². The Kier molecular flexibility index (Phi) is 1.96. The van der Waals surface area contributed by atoms with Crippen molar-refractivity contribution in [2.24, 2.45) is 0 Å². The number of aryl methyl sites for hydroxylation is 1. The number of halogens is 1. The summed E-state index contributed by atoms with van der Waals surface area (Å²) in [6.45, 7) is 0. The molecule has 3 rings (SSSR count).